The zero-order valence-corrected chi connectivity index (χ0v) is 18.5. The lowest BCUT2D eigenvalue weighted by atomic mass is 10.1. The average molecular weight is 432 g/mol. The Morgan fingerprint density at radius 1 is 1.00 bits per heavy atom. The van der Waals surface area contributed by atoms with Gasteiger partial charge in [-0.3, -0.25) is 4.79 Å². The maximum Gasteiger partial charge on any atom is 0.262 e. The summed E-state index contributed by atoms with van der Waals surface area (Å²) in [5.74, 6) is 0.340. The highest BCUT2D eigenvalue weighted by Crippen LogP contribution is 2.20. The van der Waals surface area contributed by atoms with Crippen LogP contribution in [0.4, 0.5) is 5.69 Å². The van der Waals surface area contributed by atoms with Crippen LogP contribution in [-0.4, -0.2) is 62.9 Å². The molecule has 0 radical (unpaired) electrons. The molecule has 1 N–H and O–H groups in total. The number of sulfonamides is 1. The van der Waals surface area contributed by atoms with Gasteiger partial charge in [0.2, 0.25) is 10.0 Å². The first-order valence-electron chi connectivity index (χ1n) is 10.1. The molecule has 162 valence electrons. The number of amides is 1. The number of ether oxygens (including phenoxy) is 1. The molecule has 0 spiro atoms. The van der Waals surface area contributed by atoms with Crippen molar-refractivity contribution >= 4 is 21.6 Å². The first kappa shape index (κ1) is 22.3. The molecule has 0 atom stereocenters. The molecule has 0 saturated carbocycles. The van der Waals surface area contributed by atoms with E-state index in [9.17, 15) is 13.2 Å². The lowest BCUT2D eigenvalue weighted by Gasteiger charge is -2.33. The number of hydrogen-bond donors (Lipinski definition) is 1. The Bertz CT molecular complexity index is 962. The quantitative estimate of drug-likeness (QED) is 0.729. The molecule has 1 saturated heterocycles. The van der Waals surface area contributed by atoms with E-state index in [0.29, 0.717) is 24.5 Å². The number of benzene rings is 2. The number of rotatable bonds is 7. The van der Waals surface area contributed by atoms with Crippen LogP contribution in [0.3, 0.4) is 0 Å². The molecule has 1 aliphatic heterocycles. The van der Waals surface area contributed by atoms with Crippen molar-refractivity contribution in [2.75, 3.05) is 44.6 Å². The monoisotopic (exact) mass is 431 g/mol. The first-order valence-corrected chi connectivity index (χ1v) is 11.6. The average Bonchev–Trinajstić information content (AvgIpc) is 2.72. The summed E-state index contributed by atoms with van der Waals surface area (Å²) < 4.78 is 32.7. The van der Waals surface area contributed by atoms with Gasteiger partial charge in [0.1, 0.15) is 5.75 Å². The lowest BCUT2D eigenvalue weighted by molar-refractivity contribution is -0.118. The van der Waals surface area contributed by atoms with Crippen LogP contribution in [0.15, 0.2) is 47.4 Å². The Morgan fingerprint density at radius 3 is 2.17 bits per heavy atom. The number of likely N-dealkylation sites (N-methyl/N-ethyl adjacent to an activating group) is 1. The SMILES string of the molecule is CCN1CCN(S(=O)(=O)c2ccc(NC(=O)COc3cc(C)cc(C)c3)cc2)CC1. The van der Waals surface area contributed by atoms with Gasteiger partial charge >= 0.3 is 0 Å². The third-order valence-electron chi connectivity index (χ3n) is 5.12. The van der Waals surface area contributed by atoms with Gasteiger partial charge in [-0.2, -0.15) is 4.31 Å². The summed E-state index contributed by atoms with van der Waals surface area (Å²) in [4.78, 5) is 14.6. The van der Waals surface area contributed by atoms with Crippen molar-refractivity contribution in [1.29, 1.82) is 0 Å². The molecule has 7 nitrogen and oxygen atoms in total. The van der Waals surface area contributed by atoms with Gasteiger partial charge in [-0.25, -0.2) is 8.42 Å². The van der Waals surface area contributed by atoms with Crippen molar-refractivity contribution in [2.24, 2.45) is 0 Å². The van der Waals surface area contributed by atoms with Gasteiger partial charge in [-0.05, 0) is 67.9 Å². The maximum absolute atomic E-state index is 12.8. The van der Waals surface area contributed by atoms with Gasteiger partial charge in [0, 0.05) is 31.9 Å². The van der Waals surface area contributed by atoms with Crippen LogP contribution in [0.1, 0.15) is 18.1 Å². The largest absolute Gasteiger partial charge is 0.484 e. The highest BCUT2D eigenvalue weighted by Gasteiger charge is 2.27. The van der Waals surface area contributed by atoms with Gasteiger partial charge in [0.05, 0.1) is 4.90 Å². The second-order valence-electron chi connectivity index (χ2n) is 7.52. The molecular weight excluding hydrogens is 402 g/mol. The van der Waals surface area contributed by atoms with Crippen LogP contribution >= 0.6 is 0 Å². The van der Waals surface area contributed by atoms with Crippen molar-refractivity contribution in [3.63, 3.8) is 0 Å². The van der Waals surface area contributed by atoms with Crippen molar-refractivity contribution in [3.05, 3.63) is 53.6 Å². The smallest absolute Gasteiger partial charge is 0.262 e. The predicted molar refractivity (Wildman–Crippen MR) is 117 cm³/mol. The molecule has 3 rings (SSSR count). The maximum atomic E-state index is 12.8. The number of anilines is 1. The van der Waals surface area contributed by atoms with Crippen molar-refractivity contribution in [2.45, 2.75) is 25.7 Å². The predicted octanol–water partition coefficient (Wildman–Crippen LogP) is 2.65. The number of nitrogens with one attached hydrogen (secondary N) is 1. The molecule has 1 aliphatic rings. The fraction of sp³-hybridized carbons (Fsp3) is 0.409. The number of hydrogen-bond acceptors (Lipinski definition) is 5. The molecule has 0 bridgehead atoms. The summed E-state index contributed by atoms with van der Waals surface area (Å²) in [5.41, 5.74) is 2.66. The second kappa shape index (κ2) is 9.59. The molecule has 0 aliphatic carbocycles. The standard InChI is InChI=1S/C22H29N3O4S/c1-4-24-9-11-25(12-10-24)30(27,28)21-7-5-19(6-8-21)23-22(26)16-29-20-14-17(2)13-18(3)15-20/h5-8,13-15H,4,9-12,16H2,1-3H3,(H,23,26). The molecule has 30 heavy (non-hydrogen) atoms. The van der Waals surface area contributed by atoms with Gasteiger partial charge < -0.3 is 15.0 Å². The molecular formula is C22H29N3O4S. The molecule has 0 unspecified atom stereocenters. The summed E-state index contributed by atoms with van der Waals surface area (Å²) in [7, 11) is -3.52. The molecule has 2 aromatic carbocycles. The van der Waals surface area contributed by atoms with Crippen LogP contribution < -0.4 is 10.1 Å². The van der Waals surface area contributed by atoms with E-state index < -0.39 is 10.0 Å². The molecule has 1 heterocycles. The van der Waals surface area contributed by atoms with Crippen LogP contribution in [0.25, 0.3) is 0 Å². The van der Waals surface area contributed by atoms with E-state index in [4.69, 9.17) is 4.74 Å². The van der Waals surface area contributed by atoms with Gasteiger partial charge in [0.25, 0.3) is 5.91 Å². The van der Waals surface area contributed by atoms with Crippen LogP contribution in [0.5, 0.6) is 5.75 Å². The van der Waals surface area contributed by atoms with E-state index in [2.05, 4.69) is 17.1 Å². The van der Waals surface area contributed by atoms with Crippen LogP contribution in [-0.2, 0) is 14.8 Å². The number of nitrogens with zero attached hydrogens (tertiary/aromatic N) is 2. The number of carbonyl (C=O) groups is 1. The number of aryl methyl sites for hydroxylation is 2. The normalized spacial score (nSPS) is 15.7. The van der Waals surface area contributed by atoms with E-state index in [-0.39, 0.29) is 17.4 Å². The topological polar surface area (TPSA) is 79.0 Å². The molecule has 1 fully saturated rings. The Morgan fingerprint density at radius 2 is 1.60 bits per heavy atom. The highest BCUT2D eigenvalue weighted by atomic mass is 32.2. The van der Waals surface area contributed by atoms with Crippen LogP contribution in [0.2, 0.25) is 0 Å². The van der Waals surface area contributed by atoms with Gasteiger partial charge in [0.15, 0.2) is 6.61 Å². The van der Waals surface area contributed by atoms with E-state index in [0.717, 1.165) is 30.8 Å². The molecule has 1 amide bonds. The second-order valence-corrected chi connectivity index (χ2v) is 9.46. The van der Waals surface area contributed by atoms with E-state index in [1.165, 1.54) is 16.4 Å². The molecule has 2 aromatic rings. The third-order valence-corrected chi connectivity index (χ3v) is 7.03. The highest BCUT2D eigenvalue weighted by molar-refractivity contribution is 7.89. The molecule has 8 heteroatoms. The number of carbonyl (C=O) groups excluding carboxylic acids is 1. The van der Waals surface area contributed by atoms with Gasteiger partial charge in [-0.1, -0.05) is 13.0 Å². The van der Waals surface area contributed by atoms with E-state index in [1.54, 1.807) is 12.1 Å². The summed E-state index contributed by atoms with van der Waals surface area (Å²) in [6, 6.07) is 12.0. The third kappa shape index (κ3) is 5.59. The zero-order valence-electron chi connectivity index (χ0n) is 17.7. The summed E-state index contributed by atoms with van der Waals surface area (Å²) in [6.07, 6.45) is 0. The Hall–Kier alpha value is -2.42. The van der Waals surface area contributed by atoms with Crippen molar-refractivity contribution in [1.82, 2.24) is 9.21 Å². The molecule has 0 aromatic heterocycles. The Labute approximate surface area is 178 Å². The Balaban J connectivity index is 1.56. The van der Waals surface area contributed by atoms with Crippen molar-refractivity contribution in [3.8, 4) is 5.75 Å². The minimum atomic E-state index is -3.52. The van der Waals surface area contributed by atoms with E-state index >= 15 is 0 Å². The minimum absolute atomic E-state index is 0.120. The van der Waals surface area contributed by atoms with Gasteiger partial charge in [-0.15, -0.1) is 0 Å². The summed E-state index contributed by atoms with van der Waals surface area (Å²) in [6.45, 7) is 9.28. The Kier molecular flexibility index (Phi) is 7.12. The van der Waals surface area contributed by atoms with Crippen molar-refractivity contribution < 1.29 is 17.9 Å². The minimum Gasteiger partial charge on any atom is -0.484 e. The fourth-order valence-corrected chi connectivity index (χ4v) is 4.93. The lowest BCUT2D eigenvalue weighted by Crippen LogP contribution is -2.48. The number of piperazine rings is 1. The summed E-state index contributed by atoms with van der Waals surface area (Å²) in [5, 5.41) is 2.73. The van der Waals surface area contributed by atoms with E-state index in [1.807, 2.05) is 32.0 Å². The first-order chi connectivity index (χ1) is 14.3. The summed E-state index contributed by atoms with van der Waals surface area (Å²) >= 11 is 0. The fourth-order valence-electron chi connectivity index (χ4n) is 3.51. The zero-order chi connectivity index (χ0) is 21.7. The van der Waals surface area contributed by atoms with Crippen LogP contribution in [0, 0.1) is 13.8 Å².